The second-order valence-corrected chi connectivity index (χ2v) is 5.13. The average molecular weight is 212 g/mol. The minimum absolute atomic E-state index is 0.0110. The van der Waals surface area contributed by atoms with Gasteiger partial charge in [0.2, 0.25) is 0 Å². The lowest BCUT2D eigenvalue weighted by molar-refractivity contribution is -0.150. The van der Waals surface area contributed by atoms with Crippen LogP contribution in [0, 0.1) is 11.8 Å². The highest BCUT2D eigenvalue weighted by Crippen LogP contribution is 2.28. The molecule has 1 saturated carbocycles. The maximum absolute atomic E-state index is 11.5. The van der Waals surface area contributed by atoms with Crippen LogP contribution in [0.4, 0.5) is 0 Å². The van der Waals surface area contributed by atoms with Crippen LogP contribution in [-0.4, -0.2) is 12.1 Å². The number of rotatable bonds is 5. The number of hydrogen-bond donors (Lipinski definition) is 0. The number of esters is 1. The summed E-state index contributed by atoms with van der Waals surface area (Å²) >= 11 is 0. The van der Waals surface area contributed by atoms with Crippen molar-refractivity contribution in [3.8, 4) is 0 Å². The molecule has 1 unspecified atom stereocenters. The molecule has 0 saturated heterocycles. The van der Waals surface area contributed by atoms with Gasteiger partial charge in [0.15, 0.2) is 0 Å². The lowest BCUT2D eigenvalue weighted by atomic mass is 10.0. The first kappa shape index (κ1) is 12.5. The third kappa shape index (κ3) is 4.67. The molecule has 0 aromatic rings. The van der Waals surface area contributed by atoms with Crippen molar-refractivity contribution in [3.63, 3.8) is 0 Å². The zero-order chi connectivity index (χ0) is 11.3. The van der Waals surface area contributed by atoms with Gasteiger partial charge in [0.1, 0.15) is 6.10 Å². The smallest absolute Gasteiger partial charge is 0.306 e. The zero-order valence-corrected chi connectivity index (χ0v) is 10.3. The van der Waals surface area contributed by atoms with Gasteiger partial charge < -0.3 is 4.74 Å². The van der Waals surface area contributed by atoms with Gasteiger partial charge in [0, 0.05) is 6.42 Å². The van der Waals surface area contributed by atoms with Gasteiger partial charge in [-0.3, -0.25) is 4.79 Å². The van der Waals surface area contributed by atoms with E-state index in [4.69, 9.17) is 4.74 Å². The molecule has 15 heavy (non-hydrogen) atoms. The van der Waals surface area contributed by atoms with E-state index in [1.807, 2.05) is 6.92 Å². The van der Waals surface area contributed by atoms with E-state index in [0.29, 0.717) is 12.3 Å². The van der Waals surface area contributed by atoms with E-state index in [0.717, 1.165) is 12.3 Å². The summed E-state index contributed by atoms with van der Waals surface area (Å²) in [4.78, 5) is 11.5. The Labute approximate surface area is 93.4 Å². The van der Waals surface area contributed by atoms with Crippen molar-refractivity contribution < 1.29 is 9.53 Å². The molecule has 2 nitrogen and oxygen atoms in total. The van der Waals surface area contributed by atoms with Crippen molar-refractivity contribution in [1.29, 1.82) is 0 Å². The van der Waals surface area contributed by atoms with E-state index in [2.05, 4.69) is 13.8 Å². The highest BCUT2D eigenvalue weighted by atomic mass is 16.5. The molecular formula is C13H24O2. The van der Waals surface area contributed by atoms with Crippen LogP contribution < -0.4 is 0 Å². The van der Waals surface area contributed by atoms with Gasteiger partial charge in [-0.2, -0.15) is 0 Å². The molecule has 0 aromatic heterocycles. The Balaban J connectivity index is 2.12. The average Bonchev–Trinajstić information content (AvgIpc) is 2.66. The number of carbonyl (C=O) groups is 1. The second kappa shape index (κ2) is 6.14. The first-order chi connectivity index (χ1) is 7.09. The van der Waals surface area contributed by atoms with Crippen LogP contribution in [-0.2, 0) is 9.53 Å². The predicted molar refractivity (Wildman–Crippen MR) is 61.6 cm³/mol. The summed E-state index contributed by atoms with van der Waals surface area (Å²) in [5.74, 6) is 1.19. The fraction of sp³-hybridized carbons (Fsp3) is 0.923. The van der Waals surface area contributed by atoms with Crippen molar-refractivity contribution in [2.45, 2.75) is 65.4 Å². The number of ether oxygens (including phenoxy) is 1. The van der Waals surface area contributed by atoms with Crippen molar-refractivity contribution in [3.05, 3.63) is 0 Å². The predicted octanol–water partition coefficient (Wildman–Crippen LogP) is 3.54. The summed E-state index contributed by atoms with van der Waals surface area (Å²) in [6.07, 6.45) is 7.02. The number of carbonyl (C=O) groups excluding carboxylic acids is 1. The van der Waals surface area contributed by atoms with Gasteiger partial charge in [0.25, 0.3) is 0 Å². The van der Waals surface area contributed by atoms with Gasteiger partial charge >= 0.3 is 5.97 Å². The van der Waals surface area contributed by atoms with Gasteiger partial charge in [0.05, 0.1) is 0 Å². The van der Waals surface area contributed by atoms with Crippen molar-refractivity contribution in [2.75, 3.05) is 0 Å². The van der Waals surface area contributed by atoms with E-state index in [-0.39, 0.29) is 12.1 Å². The lowest BCUT2D eigenvalue weighted by Gasteiger charge is -2.17. The van der Waals surface area contributed by atoms with Crippen LogP contribution in [0.25, 0.3) is 0 Å². The van der Waals surface area contributed by atoms with Crippen LogP contribution in [0.5, 0.6) is 0 Å². The molecule has 0 aromatic carbocycles. The van der Waals surface area contributed by atoms with E-state index in [1.54, 1.807) is 0 Å². The molecule has 0 aliphatic heterocycles. The van der Waals surface area contributed by atoms with E-state index >= 15 is 0 Å². The molecule has 0 amide bonds. The topological polar surface area (TPSA) is 26.3 Å². The van der Waals surface area contributed by atoms with Gasteiger partial charge in [-0.15, -0.1) is 0 Å². The van der Waals surface area contributed by atoms with Gasteiger partial charge in [-0.05, 0) is 25.2 Å². The molecular weight excluding hydrogens is 188 g/mol. The Bertz CT molecular complexity index is 193. The SMILES string of the molecule is CC(C)C(C)OC(=O)CCC1CCCC1. The van der Waals surface area contributed by atoms with Crippen LogP contribution in [0.2, 0.25) is 0 Å². The van der Waals surface area contributed by atoms with Gasteiger partial charge in [-0.25, -0.2) is 0 Å². The Morgan fingerprint density at radius 1 is 1.27 bits per heavy atom. The molecule has 0 N–H and O–H groups in total. The molecule has 0 spiro atoms. The molecule has 1 atom stereocenters. The lowest BCUT2D eigenvalue weighted by Crippen LogP contribution is -2.20. The van der Waals surface area contributed by atoms with E-state index in [1.165, 1.54) is 25.7 Å². The van der Waals surface area contributed by atoms with Crippen LogP contribution in [0.3, 0.4) is 0 Å². The molecule has 2 heteroatoms. The molecule has 1 aliphatic rings. The maximum atomic E-state index is 11.5. The minimum atomic E-state index is -0.0110. The number of hydrogen-bond acceptors (Lipinski definition) is 2. The van der Waals surface area contributed by atoms with Crippen molar-refractivity contribution >= 4 is 5.97 Å². The fourth-order valence-corrected chi connectivity index (χ4v) is 2.02. The third-order valence-electron chi connectivity index (χ3n) is 3.49. The zero-order valence-electron chi connectivity index (χ0n) is 10.3. The molecule has 88 valence electrons. The molecule has 1 aliphatic carbocycles. The highest BCUT2D eigenvalue weighted by molar-refractivity contribution is 5.69. The Morgan fingerprint density at radius 3 is 2.40 bits per heavy atom. The molecule has 1 rings (SSSR count). The van der Waals surface area contributed by atoms with Gasteiger partial charge in [-0.1, -0.05) is 39.5 Å². The standard InChI is InChI=1S/C13H24O2/c1-10(2)11(3)15-13(14)9-8-12-6-4-5-7-12/h10-12H,4-9H2,1-3H3. The monoisotopic (exact) mass is 212 g/mol. The maximum Gasteiger partial charge on any atom is 0.306 e. The summed E-state index contributed by atoms with van der Waals surface area (Å²) in [6, 6.07) is 0. The molecule has 0 radical (unpaired) electrons. The second-order valence-electron chi connectivity index (χ2n) is 5.13. The third-order valence-corrected chi connectivity index (χ3v) is 3.49. The summed E-state index contributed by atoms with van der Waals surface area (Å²) in [6.45, 7) is 6.13. The quantitative estimate of drug-likeness (QED) is 0.651. The van der Waals surface area contributed by atoms with E-state index < -0.39 is 0 Å². The Hall–Kier alpha value is -0.530. The molecule has 0 bridgehead atoms. The van der Waals surface area contributed by atoms with Crippen LogP contribution in [0.15, 0.2) is 0 Å². The first-order valence-corrected chi connectivity index (χ1v) is 6.29. The Morgan fingerprint density at radius 2 is 1.87 bits per heavy atom. The molecule has 0 heterocycles. The van der Waals surface area contributed by atoms with E-state index in [9.17, 15) is 4.79 Å². The normalized spacial score (nSPS) is 19.5. The summed E-state index contributed by atoms with van der Waals surface area (Å²) in [5, 5.41) is 0. The largest absolute Gasteiger partial charge is 0.462 e. The Kier molecular flexibility index (Phi) is 5.13. The van der Waals surface area contributed by atoms with Crippen LogP contribution in [0.1, 0.15) is 59.3 Å². The highest BCUT2D eigenvalue weighted by Gasteiger charge is 2.18. The summed E-state index contributed by atoms with van der Waals surface area (Å²) < 4.78 is 5.33. The van der Waals surface area contributed by atoms with Crippen molar-refractivity contribution in [1.82, 2.24) is 0 Å². The van der Waals surface area contributed by atoms with Crippen LogP contribution >= 0.6 is 0 Å². The first-order valence-electron chi connectivity index (χ1n) is 6.29. The molecule has 1 fully saturated rings. The van der Waals surface area contributed by atoms with Crippen molar-refractivity contribution in [2.24, 2.45) is 11.8 Å². The summed E-state index contributed by atoms with van der Waals surface area (Å²) in [5.41, 5.74) is 0. The summed E-state index contributed by atoms with van der Waals surface area (Å²) in [7, 11) is 0. The fourth-order valence-electron chi connectivity index (χ4n) is 2.02. The minimum Gasteiger partial charge on any atom is -0.462 e.